The molecular weight excluding hydrogens is 977 g/mol. The highest BCUT2D eigenvalue weighted by atomic mass is 16.4. The fourth-order valence-corrected chi connectivity index (χ4v) is 8.76. The summed E-state index contributed by atoms with van der Waals surface area (Å²) in [4.78, 5) is 132. The fourth-order valence-electron chi connectivity index (χ4n) is 8.76. The van der Waals surface area contributed by atoms with Crippen molar-refractivity contribution in [3.05, 3.63) is 102 Å². The molecule has 0 bridgehead atoms. The molecule has 5 aromatic rings. The zero-order chi connectivity index (χ0) is 55.1. The summed E-state index contributed by atoms with van der Waals surface area (Å²) in [6.45, 7) is 5.38. The first-order valence-electron chi connectivity index (χ1n) is 25.8. The molecule has 0 aliphatic heterocycles. The van der Waals surface area contributed by atoms with E-state index in [1.54, 1.807) is 12.3 Å². The van der Waals surface area contributed by atoms with E-state index < -0.39 is 102 Å². The van der Waals surface area contributed by atoms with Crippen LogP contribution in [0.15, 0.2) is 85.5 Å². The minimum absolute atomic E-state index is 0.0137. The second-order valence-corrected chi connectivity index (χ2v) is 18.9. The van der Waals surface area contributed by atoms with Gasteiger partial charge in [0.15, 0.2) is 0 Å². The predicted octanol–water partition coefficient (Wildman–Crippen LogP) is 1.96. The lowest BCUT2D eigenvalue weighted by atomic mass is 9.99. The van der Waals surface area contributed by atoms with Gasteiger partial charge in [-0.2, -0.15) is 0 Å². The summed E-state index contributed by atoms with van der Waals surface area (Å²) in [6, 6.07) is 11.2. The topological polar surface area (TPSA) is 355 Å². The lowest BCUT2D eigenvalue weighted by Crippen LogP contribution is -2.61. The van der Waals surface area contributed by atoms with Crippen LogP contribution in [0.5, 0.6) is 0 Å². The van der Waals surface area contributed by atoms with Gasteiger partial charge in [0.2, 0.25) is 47.3 Å². The van der Waals surface area contributed by atoms with Crippen molar-refractivity contribution in [2.24, 2.45) is 11.5 Å². The van der Waals surface area contributed by atoms with Crippen LogP contribution in [0, 0.1) is 0 Å². The monoisotopic (exact) mass is 1050 g/mol. The standard InChI is InChI=1S/C54H72N12O10/c1-4-6-17-41(60-32(3)67)49(71)66-46(28-47(68)69)54(76)65-45(27-37-30-57-31-59-37)53(75)63-43(25-33-21-22-34-14-8-9-15-35(34)24-33)51(73)62-42(18-7-5-2)50(72)64-44(26-36-29-58-39-19-11-10-16-38(36)39)52(74)61-40(48(56)70)20-12-13-23-55/h8-11,14-16,19,21-22,24,29-31,40-46,58H,4-7,12-13,17-18,20,23,25-28,55H2,1-3H3,(H2,56,70)(H,57,59)(H,60,67)(H,61,74)(H,62,73)(H,63,75)(H,64,72)(H,65,76)(H,66,71)(H,68,69)/t40-,41-,42-,43+,44-,45-,46-/m0/s1. The van der Waals surface area contributed by atoms with E-state index in [-0.39, 0.29) is 38.5 Å². The van der Waals surface area contributed by atoms with Crippen molar-refractivity contribution < 1.29 is 48.3 Å². The number of carboxylic acid groups (broad SMARTS) is 1. The summed E-state index contributed by atoms with van der Waals surface area (Å²) < 4.78 is 0. The number of carbonyl (C=O) groups excluding carboxylic acids is 8. The highest BCUT2D eigenvalue weighted by molar-refractivity contribution is 5.99. The largest absolute Gasteiger partial charge is 0.481 e. The first-order chi connectivity index (χ1) is 36.5. The Morgan fingerprint density at radius 3 is 1.70 bits per heavy atom. The van der Waals surface area contributed by atoms with Crippen LogP contribution in [0.2, 0.25) is 0 Å². The molecule has 0 saturated carbocycles. The maximum absolute atomic E-state index is 14.8. The number of hydrogen-bond donors (Lipinski definition) is 12. The van der Waals surface area contributed by atoms with Crippen LogP contribution >= 0.6 is 0 Å². The zero-order valence-corrected chi connectivity index (χ0v) is 43.2. The van der Waals surface area contributed by atoms with E-state index in [0.717, 1.165) is 21.7 Å². The average molecular weight is 1050 g/mol. The molecule has 2 aromatic heterocycles. The molecular formula is C54H72N12O10. The van der Waals surface area contributed by atoms with E-state index in [1.165, 1.54) is 19.4 Å². The Labute approximate surface area is 440 Å². The van der Waals surface area contributed by atoms with Crippen LogP contribution < -0.4 is 48.7 Å². The van der Waals surface area contributed by atoms with Gasteiger partial charge in [0, 0.05) is 55.2 Å². The molecule has 7 atom stereocenters. The van der Waals surface area contributed by atoms with Crippen LogP contribution in [-0.2, 0) is 62.4 Å². The van der Waals surface area contributed by atoms with E-state index in [0.29, 0.717) is 61.9 Å². The Balaban J connectivity index is 1.46. The van der Waals surface area contributed by atoms with Crippen molar-refractivity contribution in [1.29, 1.82) is 0 Å². The smallest absolute Gasteiger partial charge is 0.305 e. The third-order valence-corrected chi connectivity index (χ3v) is 12.9. The van der Waals surface area contributed by atoms with E-state index in [2.05, 4.69) is 52.2 Å². The number of aromatic amines is 2. The van der Waals surface area contributed by atoms with Gasteiger partial charge in [-0.05, 0) is 66.6 Å². The number of nitrogens with zero attached hydrogens (tertiary/aromatic N) is 1. The Hall–Kier alpha value is -8.14. The number of carbonyl (C=O) groups is 9. The van der Waals surface area contributed by atoms with Gasteiger partial charge in [0.1, 0.15) is 42.3 Å². The van der Waals surface area contributed by atoms with Crippen molar-refractivity contribution in [3.63, 3.8) is 0 Å². The van der Waals surface area contributed by atoms with Gasteiger partial charge in [0.05, 0.1) is 12.7 Å². The molecule has 408 valence electrons. The number of rotatable bonds is 32. The number of nitrogens with two attached hydrogens (primary N) is 2. The minimum Gasteiger partial charge on any atom is -0.481 e. The van der Waals surface area contributed by atoms with Crippen LogP contribution in [0.3, 0.4) is 0 Å². The molecule has 22 heteroatoms. The Morgan fingerprint density at radius 1 is 0.579 bits per heavy atom. The third kappa shape index (κ3) is 18.1. The van der Waals surface area contributed by atoms with E-state index in [1.807, 2.05) is 74.5 Å². The van der Waals surface area contributed by atoms with Crippen LogP contribution in [0.1, 0.15) is 102 Å². The summed E-state index contributed by atoms with van der Waals surface area (Å²) >= 11 is 0. The van der Waals surface area contributed by atoms with Crippen molar-refractivity contribution in [2.45, 2.75) is 147 Å². The SMILES string of the molecule is CCCC[C@H](NC(C)=O)C(=O)N[C@@H](CC(=O)O)C(=O)N[C@@H](Cc1cnc[nH]1)C(=O)N[C@H](Cc1ccc2ccccc2c1)C(=O)N[C@@H](CCCC)C(=O)N[C@@H](Cc1c[nH]c2ccccc12)C(=O)N[C@@H](CCCCN)C(N)=O. The molecule has 0 fully saturated rings. The second kappa shape index (κ2) is 29.7. The van der Waals surface area contributed by atoms with E-state index in [4.69, 9.17) is 11.5 Å². The molecule has 0 radical (unpaired) electrons. The number of primary amides is 1. The van der Waals surface area contributed by atoms with Gasteiger partial charge >= 0.3 is 5.97 Å². The maximum Gasteiger partial charge on any atom is 0.305 e. The number of unbranched alkanes of at least 4 members (excludes halogenated alkanes) is 3. The van der Waals surface area contributed by atoms with Gasteiger partial charge in [-0.15, -0.1) is 0 Å². The van der Waals surface area contributed by atoms with Crippen molar-refractivity contribution in [2.75, 3.05) is 6.54 Å². The van der Waals surface area contributed by atoms with E-state index in [9.17, 15) is 48.3 Å². The molecule has 5 rings (SSSR count). The molecule has 0 aliphatic carbocycles. The Bertz CT molecular complexity index is 2780. The van der Waals surface area contributed by atoms with E-state index >= 15 is 0 Å². The molecule has 2 heterocycles. The second-order valence-electron chi connectivity index (χ2n) is 18.9. The van der Waals surface area contributed by atoms with Gasteiger partial charge in [-0.25, -0.2) is 4.98 Å². The van der Waals surface area contributed by atoms with Crippen molar-refractivity contribution in [1.82, 2.24) is 52.2 Å². The van der Waals surface area contributed by atoms with Crippen LogP contribution in [0.25, 0.3) is 21.7 Å². The molecule has 0 saturated heterocycles. The lowest BCUT2D eigenvalue weighted by Gasteiger charge is -2.28. The van der Waals surface area contributed by atoms with Gasteiger partial charge in [-0.1, -0.05) is 100 Å². The Morgan fingerprint density at radius 2 is 1.11 bits per heavy atom. The summed E-state index contributed by atoms with van der Waals surface area (Å²) in [6.07, 6.45) is 7.19. The first-order valence-corrected chi connectivity index (χ1v) is 25.8. The van der Waals surface area contributed by atoms with Gasteiger partial charge in [-0.3, -0.25) is 43.2 Å². The van der Waals surface area contributed by atoms with Crippen LogP contribution in [0.4, 0.5) is 0 Å². The number of aromatic nitrogens is 3. The zero-order valence-electron chi connectivity index (χ0n) is 43.2. The number of carboxylic acids is 1. The number of benzene rings is 3. The molecule has 76 heavy (non-hydrogen) atoms. The molecule has 8 amide bonds. The minimum atomic E-state index is -1.70. The van der Waals surface area contributed by atoms with Crippen LogP contribution in [-0.4, -0.2) is 122 Å². The van der Waals surface area contributed by atoms with Crippen molar-refractivity contribution in [3.8, 4) is 0 Å². The number of fused-ring (bicyclic) bond motifs is 2. The highest BCUT2D eigenvalue weighted by Gasteiger charge is 2.35. The molecule has 0 unspecified atom stereocenters. The number of para-hydroxylation sites is 1. The number of amides is 8. The lowest BCUT2D eigenvalue weighted by molar-refractivity contribution is -0.141. The third-order valence-electron chi connectivity index (χ3n) is 12.9. The number of H-pyrrole nitrogens is 2. The maximum atomic E-state index is 14.8. The summed E-state index contributed by atoms with van der Waals surface area (Å²) in [5, 5.41) is 31.1. The summed E-state index contributed by atoms with van der Waals surface area (Å²) in [7, 11) is 0. The fraction of sp³-hybridized carbons (Fsp3) is 0.444. The average Bonchev–Trinajstić information content (AvgIpc) is 4.07. The quantitative estimate of drug-likeness (QED) is 0.0275. The molecule has 14 N–H and O–H groups in total. The molecule has 22 nitrogen and oxygen atoms in total. The summed E-state index contributed by atoms with van der Waals surface area (Å²) in [5.41, 5.74) is 13.9. The first kappa shape index (κ1) is 58.7. The predicted molar refractivity (Wildman–Crippen MR) is 285 cm³/mol. The van der Waals surface area contributed by atoms with Crippen molar-refractivity contribution >= 4 is 74.9 Å². The number of imidazole rings is 1. The number of aliphatic carboxylic acids is 1. The molecule has 3 aromatic carbocycles. The normalized spacial score (nSPS) is 13.9. The van der Waals surface area contributed by atoms with Gasteiger partial charge < -0.3 is 63.8 Å². The van der Waals surface area contributed by atoms with Gasteiger partial charge in [0.25, 0.3) is 0 Å². The highest BCUT2D eigenvalue weighted by Crippen LogP contribution is 2.21. The molecule has 0 spiro atoms. The number of nitrogens with one attached hydrogen (secondary N) is 9. The Kier molecular flexibility index (Phi) is 22.9. The molecule has 0 aliphatic rings. The summed E-state index contributed by atoms with van der Waals surface area (Å²) in [5.74, 6) is -7.63. The number of hydrogen-bond acceptors (Lipinski definition) is 11.